The van der Waals surface area contributed by atoms with Crippen LogP contribution in [-0.4, -0.2) is 57.7 Å². The molecule has 2 aromatic carbocycles. The van der Waals surface area contributed by atoms with Crippen LogP contribution in [0, 0.1) is 20.2 Å². The first-order valence-corrected chi connectivity index (χ1v) is 15.1. The maximum atomic E-state index is 11.7. The van der Waals surface area contributed by atoms with Crippen LogP contribution in [0.2, 0.25) is 0 Å². The Kier molecular flexibility index (Phi) is 10.0. The number of phenols is 2. The Morgan fingerprint density at radius 1 is 0.814 bits per heavy atom. The Morgan fingerprint density at radius 3 is 1.42 bits per heavy atom. The van der Waals surface area contributed by atoms with Crippen LogP contribution in [0.25, 0.3) is 0 Å². The van der Waals surface area contributed by atoms with Crippen LogP contribution in [0.5, 0.6) is 11.5 Å². The van der Waals surface area contributed by atoms with Crippen molar-refractivity contribution in [3.05, 3.63) is 66.7 Å². The maximum absolute atomic E-state index is 11.7. The second-order valence-electron chi connectivity index (χ2n) is 12.8. The van der Waals surface area contributed by atoms with Crippen LogP contribution < -0.4 is 5.11 Å². The monoisotopic (exact) mass is 635 g/mol. The van der Waals surface area contributed by atoms with E-state index in [0.29, 0.717) is 22.3 Å². The Morgan fingerprint density at radius 2 is 1.14 bits per heavy atom. The van der Waals surface area contributed by atoms with E-state index in [4.69, 9.17) is 9.90 Å². The van der Waals surface area contributed by atoms with Crippen molar-refractivity contribution in [2.24, 2.45) is 0 Å². The van der Waals surface area contributed by atoms with Crippen molar-refractivity contribution < 1.29 is 52.7 Å². The fraction of sp³-hybridized carbons (Fsp3) is 0.500. The van der Waals surface area contributed by atoms with Crippen LogP contribution >= 0.6 is 0 Å². The molecule has 2 aromatic rings. The van der Waals surface area contributed by atoms with E-state index in [-0.39, 0.29) is 50.6 Å². The van der Waals surface area contributed by atoms with Gasteiger partial charge in [0.2, 0.25) is 0 Å². The molecule has 43 heavy (non-hydrogen) atoms. The number of phenolic OH excluding ortho intramolecular Hbond substituents is 2. The molecule has 1 aliphatic heterocycles. The predicted molar refractivity (Wildman–Crippen MR) is 155 cm³/mol. The van der Waals surface area contributed by atoms with Crippen LogP contribution in [-0.2, 0) is 31.3 Å². The van der Waals surface area contributed by atoms with Gasteiger partial charge >= 0.3 is 235 Å². The first-order chi connectivity index (χ1) is 19.8. The first kappa shape index (κ1) is 33.7. The second kappa shape index (κ2) is 12.8. The number of nitrogens with zero attached hydrogens (tertiary/aromatic N) is 4. The molecule has 13 heteroatoms. The van der Waals surface area contributed by atoms with E-state index in [0.717, 1.165) is 32.6 Å². The number of carbonyl (C=O) groups excluding carboxylic acids is 1. The van der Waals surface area contributed by atoms with Crippen LogP contribution in [0.4, 0.5) is 11.4 Å². The molecule has 0 spiro atoms. The van der Waals surface area contributed by atoms with Gasteiger partial charge < -0.3 is 9.90 Å². The summed E-state index contributed by atoms with van der Waals surface area (Å²) >= 11 is -0.308. The van der Waals surface area contributed by atoms with Crippen molar-refractivity contribution in [3.63, 3.8) is 0 Å². The molecule has 12 nitrogen and oxygen atoms in total. The van der Waals surface area contributed by atoms with E-state index in [2.05, 4.69) is 7.12 Å². The molecule has 0 aromatic heterocycles. The van der Waals surface area contributed by atoms with E-state index >= 15 is 0 Å². The molecule has 2 aliphatic rings. The van der Waals surface area contributed by atoms with E-state index in [1.54, 1.807) is 0 Å². The van der Waals surface area contributed by atoms with Gasteiger partial charge in [-0.15, -0.1) is 0 Å². The molecule has 2 N–H and O–H groups in total. The minimum absolute atomic E-state index is 0.0323. The number of carboxylic acids is 1. The molecule has 1 aliphatic carbocycles. The fourth-order valence-corrected chi connectivity index (χ4v) is 7.25. The number of hydrogen-bond donors (Lipinski definition) is 2. The Bertz CT molecular complexity index is 1400. The zero-order valence-corrected chi connectivity index (χ0v) is 26.8. The molecule has 2 atom stereocenters. The number of rotatable bonds is 4. The molecule has 1 saturated heterocycles. The number of carbonyl (C=O) groups is 1. The van der Waals surface area contributed by atoms with Crippen molar-refractivity contribution in [2.75, 3.05) is 0 Å². The SMILES string of the molecule is CC(=O)[O-].CC(C)(C)c1cc([N+](=O)[O-])cc(C=[N+]2[Cr][N+](=Cc3cc([N+](=O)[O-])cc(C(C)(C)C)c3O)[C@@H]3CCCC[C@H]32)c1O. The van der Waals surface area contributed by atoms with Crippen LogP contribution in [0.15, 0.2) is 24.3 Å². The Hall–Kier alpha value is -3.82. The van der Waals surface area contributed by atoms with Crippen molar-refractivity contribution in [3.8, 4) is 11.5 Å². The minimum atomic E-state index is -1.08. The fourth-order valence-electron chi connectivity index (χ4n) is 5.26. The summed E-state index contributed by atoms with van der Waals surface area (Å²) in [4.78, 5) is 31.4. The van der Waals surface area contributed by atoms with Gasteiger partial charge in [0.05, 0.1) is 0 Å². The zero-order chi connectivity index (χ0) is 32.4. The van der Waals surface area contributed by atoms with Gasteiger partial charge in [0.1, 0.15) is 0 Å². The number of non-ortho nitro benzene ring substituents is 2. The summed E-state index contributed by atoms with van der Waals surface area (Å²) in [6, 6.07) is 5.93. The van der Waals surface area contributed by atoms with E-state index in [1.807, 2.05) is 54.0 Å². The third-order valence-corrected chi connectivity index (χ3v) is 9.12. The van der Waals surface area contributed by atoms with E-state index in [9.17, 15) is 30.4 Å². The van der Waals surface area contributed by atoms with E-state index in [1.165, 1.54) is 24.3 Å². The van der Waals surface area contributed by atoms with Gasteiger partial charge in [-0.2, -0.15) is 0 Å². The Balaban J connectivity index is 0.00000119. The summed E-state index contributed by atoms with van der Waals surface area (Å²) in [7, 11) is 0. The summed E-state index contributed by atoms with van der Waals surface area (Å²) < 4.78 is 4.30. The summed E-state index contributed by atoms with van der Waals surface area (Å²) in [6.07, 6.45) is 7.57. The molecule has 0 radical (unpaired) electrons. The van der Waals surface area contributed by atoms with Gasteiger partial charge in [0.25, 0.3) is 0 Å². The number of benzene rings is 2. The van der Waals surface area contributed by atoms with Gasteiger partial charge in [0, 0.05) is 5.97 Å². The number of nitro benzene ring substituents is 2. The molecule has 0 unspecified atom stereocenters. The molecule has 0 amide bonds. The summed E-state index contributed by atoms with van der Waals surface area (Å²) in [5, 5.41) is 54.5. The average Bonchev–Trinajstić information content (AvgIpc) is 3.21. The predicted octanol–water partition coefficient (Wildman–Crippen LogP) is 4.07. The van der Waals surface area contributed by atoms with Crippen molar-refractivity contribution in [2.45, 2.75) is 97.1 Å². The molecule has 0 bridgehead atoms. The summed E-state index contributed by atoms with van der Waals surface area (Å²) in [5.74, 6) is -1.02. The van der Waals surface area contributed by atoms with Gasteiger partial charge in [0.15, 0.2) is 0 Å². The van der Waals surface area contributed by atoms with Gasteiger partial charge in [-0.1, -0.05) is 0 Å². The van der Waals surface area contributed by atoms with Gasteiger partial charge in [-0.3, -0.25) is 0 Å². The topological polar surface area (TPSA) is 173 Å². The van der Waals surface area contributed by atoms with Crippen molar-refractivity contribution in [1.82, 2.24) is 0 Å². The van der Waals surface area contributed by atoms with Crippen molar-refractivity contribution >= 4 is 29.8 Å². The number of carboxylic acid groups (broad SMARTS) is 1. The normalized spacial score (nSPS) is 20.3. The Labute approximate surface area is 257 Å². The molecular weight excluding hydrogens is 596 g/mol. The molecule has 4 rings (SSSR count). The van der Waals surface area contributed by atoms with Crippen molar-refractivity contribution in [1.29, 1.82) is 0 Å². The third kappa shape index (κ3) is 7.97. The van der Waals surface area contributed by atoms with Gasteiger partial charge in [-0.05, 0) is 6.92 Å². The number of aromatic hydroxyl groups is 2. The zero-order valence-electron chi connectivity index (χ0n) is 25.5. The molecule has 2 fully saturated rings. The molecule has 232 valence electrons. The number of aliphatic carboxylic acids is 1. The summed E-state index contributed by atoms with van der Waals surface area (Å²) in [6.45, 7) is 12.4. The van der Waals surface area contributed by atoms with Crippen LogP contribution in [0.3, 0.4) is 0 Å². The standard InChI is InChI=1S/C28H36N4O6.C2H4O2.Cr/c1-27(2,3)21-13-19(31(35)36)11-17(25(21)33)15-29-23-9-7-8-10-24(23)30-16-18-12-20(32(37)38)14-22(26(18)34)28(4,5)6;1-2(3)4;/h11-16,23-24,33-34H,7-10H2,1-6H3;1H3,(H,3,4);/q;;+2/p-1/t23-,24-;;/m1../s1. The van der Waals surface area contributed by atoms with E-state index < -0.39 is 26.6 Å². The number of fused-ring (bicyclic) bond motifs is 1. The average molecular weight is 636 g/mol. The number of nitro groups is 2. The molecular formula is C30H39CrN4O8+. The quantitative estimate of drug-likeness (QED) is 0.374. The van der Waals surface area contributed by atoms with Crippen LogP contribution in [0.1, 0.15) is 96.4 Å². The first-order valence-electron chi connectivity index (χ1n) is 14.0. The second-order valence-corrected chi connectivity index (χ2v) is 14.4. The third-order valence-electron chi connectivity index (χ3n) is 7.35. The molecule has 1 saturated carbocycles. The number of hydrogen-bond acceptors (Lipinski definition) is 8. The summed E-state index contributed by atoms with van der Waals surface area (Å²) in [5.41, 5.74) is 0.680. The molecule has 1 heterocycles. The van der Waals surface area contributed by atoms with Gasteiger partial charge in [-0.25, -0.2) is 0 Å².